The van der Waals surface area contributed by atoms with Crippen molar-refractivity contribution in [3.05, 3.63) is 53.6 Å². The molecule has 7 nitrogen and oxygen atoms in total. The molecule has 2 aliphatic heterocycles. The van der Waals surface area contributed by atoms with Gasteiger partial charge in [-0.05, 0) is 50.1 Å². The van der Waals surface area contributed by atoms with Crippen LogP contribution in [0, 0.1) is 0 Å². The minimum atomic E-state index is -0.142. The number of morpholine rings is 1. The molecule has 7 heteroatoms. The summed E-state index contributed by atoms with van der Waals surface area (Å²) in [5.41, 5.74) is 2.02. The summed E-state index contributed by atoms with van der Waals surface area (Å²) in [7, 11) is 0. The molecule has 2 atom stereocenters. The molecule has 0 saturated carbocycles. The van der Waals surface area contributed by atoms with E-state index >= 15 is 0 Å². The lowest BCUT2D eigenvalue weighted by Crippen LogP contribution is -2.48. The fourth-order valence-electron chi connectivity index (χ4n) is 3.86. The van der Waals surface area contributed by atoms with Crippen LogP contribution in [0.25, 0.3) is 0 Å². The van der Waals surface area contributed by atoms with E-state index in [1.54, 1.807) is 17.0 Å². The van der Waals surface area contributed by atoms with E-state index in [4.69, 9.17) is 14.2 Å². The third-order valence-corrected chi connectivity index (χ3v) is 5.22. The molecule has 1 fully saturated rings. The zero-order valence-electron chi connectivity index (χ0n) is 17.2. The molecule has 1 saturated heterocycles. The van der Waals surface area contributed by atoms with Crippen molar-refractivity contribution < 1.29 is 23.8 Å². The molecule has 158 valence electrons. The van der Waals surface area contributed by atoms with E-state index in [0.29, 0.717) is 42.9 Å². The molecule has 2 heterocycles. The monoisotopic (exact) mass is 410 g/mol. The molecule has 2 aromatic carbocycles. The number of nitrogens with zero attached hydrogens (tertiary/aromatic N) is 1. The van der Waals surface area contributed by atoms with Crippen LogP contribution in [0.1, 0.15) is 36.2 Å². The maximum atomic E-state index is 13.1. The second-order valence-corrected chi connectivity index (χ2v) is 7.75. The summed E-state index contributed by atoms with van der Waals surface area (Å²) in [5.74, 6) is 1.19. The molecule has 0 unspecified atom stereocenters. The molecule has 1 N–H and O–H groups in total. The maximum absolute atomic E-state index is 13.1. The number of para-hydroxylation sites is 1. The van der Waals surface area contributed by atoms with Crippen LogP contribution in [0.15, 0.2) is 42.5 Å². The number of amides is 2. The van der Waals surface area contributed by atoms with Crippen LogP contribution in [-0.2, 0) is 16.0 Å². The number of carbonyl (C=O) groups is 2. The van der Waals surface area contributed by atoms with Gasteiger partial charge in [0.2, 0.25) is 12.7 Å². The smallest absolute Gasteiger partial charge is 0.256 e. The zero-order valence-corrected chi connectivity index (χ0v) is 17.2. The topological polar surface area (TPSA) is 77.1 Å². The van der Waals surface area contributed by atoms with Gasteiger partial charge in [0.15, 0.2) is 11.5 Å². The fourth-order valence-corrected chi connectivity index (χ4v) is 3.86. The van der Waals surface area contributed by atoms with E-state index in [-0.39, 0.29) is 30.8 Å². The summed E-state index contributed by atoms with van der Waals surface area (Å²) in [6.45, 7) is 5.22. The Kier molecular flexibility index (Phi) is 5.90. The highest BCUT2D eigenvalue weighted by atomic mass is 16.7. The van der Waals surface area contributed by atoms with Crippen LogP contribution in [0.4, 0.5) is 5.69 Å². The summed E-state index contributed by atoms with van der Waals surface area (Å²) in [6, 6.07) is 12.8. The Morgan fingerprint density at radius 3 is 2.57 bits per heavy atom. The van der Waals surface area contributed by atoms with Crippen LogP contribution in [0.5, 0.6) is 11.5 Å². The molecular formula is C23H26N2O5. The summed E-state index contributed by atoms with van der Waals surface area (Å²) < 4.78 is 16.4. The zero-order chi connectivity index (χ0) is 21.1. The lowest BCUT2D eigenvalue weighted by molar-refractivity contribution is -0.116. The van der Waals surface area contributed by atoms with Gasteiger partial charge in [-0.25, -0.2) is 0 Å². The minimum Gasteiger partial charge on any atom is -0.454 e. The molecule has 0 aromatic heterocycles. The summed E-state index contributed by atoms with van der Waals surface area (Å²) in [5, 5.41) is 2.90. The van der Waals surface area contributed by atoms with Gasteiger partial charge in [-0.1, -0.05) is 18.2 Å². The number of ether oxygens (including phenoxy) is 3. The average Bonchev–Trinajstić information content (AvgIpc) is 3.19. The van der Waals surface area contributed by atoms with Gasteiger partial charge in [0.1, 0.15) is 0 Å². The fraction of sp³-hybridized carbons (Fsp3) is 0.391. The van der Waals surface area contributed by atoms with E-state index < -0.39 is 0 Å². The highest BCUT2D eigenvalue weighted by Gasteiger charge is 2.28. The van der Waals surface area contributed by atoms with Gasteiger partial charge in [0.25, 0.3) is 5.91 Å². The number of aryl methyl sites for hydroxylation is 1. The van der Waals surface area contributed by atoms with Gasteiger partial charge >= 0.3 is 0 Å². The Hall–Kier alpha value is -3.06. The van der Waals surface area contributed by atoms with Crippen molar-refractivity contribution in [3.8, 4) is 11.5 Å². The maximum Gasteiger partial charge on any atom is 0.256 e. The molecule has 0 spiro atoms. The van der Waals surface area contributed by atoms with Crippen molar-refractivity contribution in [2.24, 2.45) is 0 Å². The van der Waals surface area contributed by atoms with Gasteiger partial charge < -0.3 is 24.4 Å². The summed E-state index contributed by atoms with van der Waals surface area (Å²) >= 11 is 0. The van der Waals surface area contributed by atoms with E-state index in [9.17, 15) is 9.59 Å². The van der Waals surface area contributed by atoms with Crippen molar-refractivity contribution >= 4 is 17.5 Å². The van der Waals surface area contributed by atoms with Crippen LogP contribution in [0.3, 0.4) is 0 Å². The molecule has 2 amide bonds. The van der Waals surface area contributed by atoms with Gasteiger partial charge in [0.05, 0.1) is 23.5 Å². The second-order valence-electron chi connectivity index (χ2n) is 7.75. The van der Waals surface area contributed by atoms with Gasteiger partial charge in [-0.3, -0.25) is 9.59 Å². The van der Waals surface area contributed by atoms with Crippen molar-refractivity contribution in [2.75, 3.05) is 25.2 Å². The number of benzene rings is 2. The first-order chi connectivity index (χ1) is 14.5. The van der Waals surface area contributed by atoms with Gasteiger partial charge in [0, 0.05) is 19.5 Å². The molecular weight excluding hydrogens is 384 g/mol. The van der Waals surface area contributed by atoms with Crippen molar-refractivity contribution in [1.29, 1.82) is 0 Å². The number of hydrogen-bond donors (Lipinski definition) is 1. The minimum absolute atomic E-state index is 0.0128. The Morgan fingerprint density at radius 2 is 1.77 bits per heavy atom. The van der Waals surface area contributed by atoms with Crippen LogP contribution in [0.2, 0.25) is 0 Å². The van der Waals surface area contributed by atoms with Crippen LogP contribution in [-0.4, -0.2) is 48.8 Å². The predicted octanol–water partition coefficient (Wildman–Crippen LogP) is 3.24. The summed E-state index contributed by atoms with van der Waals surface area (Å²) in [4.78, 5) is 27.4. The highest BCUT2D eigenvalue weighted by Crippen LogP contribution is 2.32. The van der Waals surface area contributed by atoms with Crippen molar-refractivity contribution in [1.82, 2.24) is 4.90 Å². The van der Waals surface area contributed by atoms with Crippen LogP contribution < -0.4 is 14.8 Å². The number of rotatable bonds is 5. The standard InChI is InChI=1S/C23H26N2O5/c1-15-12-25(13-16(2)30-15)23(27)18-5-3-4-6-19(18)24-22(26)10-8-17-7-9-20-21(11-17)29-14-28-20/h3-7,9,11,15-16H,8,10,12-14H2,1-2H3,(H,24,26)/t15-,16-/m1/s1. The lowest BCUT2D eigenvalue weighted by Gasteiger charge is -2.35. The number of anilines is 1. The summed E-state index contributed by atoms with van der Waals surface area (Å²) in [6.07, 6.45) is 0.840. The van der Waals surface area contributed by atoms with Crippen molar-refractivity contribution in [3.63, 3.8) is 0 Å². The van der Waals surface area contributed by atoms with Gasteiger partial charge in [-0.15, -0.1) is 0 Å². The first-order valence-electron chi connectivity index (χ1n) is 10.2. The SMILES string of the molecule is C[C@@H]1CN(C(=O)c2ccccc2NC(=O)CCc2ccc3c(c2)OCO3)C[C@@H](C)O1. The molecule has 0 radical (unpaired) electrons. The molecule has 30 heavy (non-hydrogen) atoms. The second kappa shape index (κ2) is 8.75. The van der Waals surface area contributed by atoms with E-state index in [2.05, 4.69) is 5.32 Å². The van der Waals surface area contributed by atoms with Crippen LogP contribution >= 0.6 is 0 Å². The van der Waals surface area contributed by atoms with Gasteiger partial charge in [-0.2, -0.15) is 0 Å². The third kappa shape index (κ3) is 4.57. The highest BCUT2D eigenvalue weighted by molar-refractivity contribution is 6.03. The molecule has 4 rings (SSSR count). The largest absolute Gasteiger partial charge is 0.454 e. The normalized spacial score (nSPS) is 20.1. The Balaban J connectivity index is 1.39. The first-order valence-corrected chi connectivity index (χ1v) is 10.2. The molecule has 2 aromatic rings. The molecule has 0 bridgehead atoms. The Labute approximate surface area is 175 Å². The van der Waals surface area contributed by atoms with E-state index in [1.165, 1.54) is 0 Å². The predicted molar refractivity (Wildman–Crippen MR) is 112 cm³/mol. The molecule has 0 aliphatic carbocycles. The number of carbonyl (C=O) groups excluding carboxylic acids is 2. The number of nitrogens with one attached hydrogen (secondary N) is 1. The third-order valence-electron chi connectivity index (χ3n) is 5.22. The lowest BCUT2D eigenvalue weighted by atomic mass is 10.1. The van der Waals surface area contributed by atoms with Crippen molar-refractivity contribution in [2.45, 2.75) is 38.9 Å². The van der Waals surface area contributed by atoms with E-state index in [0.717, 1.165) is 11.3 Å². The quantitative estimate of drug-likeness (QED) is 0.819. The molecule has 2 aliphatic rings. The Bertz CT molecular complexity index is 935. The van der Waals surface area contributed by atoms with E-state index in [1.807, 2.05) is 44.2 Å². The average molecular weight is 410 g/mol. The Morgan fingerprint density at radius 1 is 1.03 bits per heavy atom. The number of hydrogen-bond acceptors (Lipinski definition) is 5. The number of fused-ring (bicyclic) bond motifs is 1. The first kappa shape index (κ1) is 20.2.